The molecule has 0 saturated carbocycles. The van der Waals surface area contributed by atoms with Crippen LogP contribution in [0.4, 0.5) is 0 Å². The fourth-order valence-corrected chi connectivity index (χ4v) is 5.07. The number of rotatable bonds is 5. The predicted molar refractivity (Wildman–Crippen MR) is 87.1 cm³/mol. The van der Waals surface area contributed by atoms with Crippen LogP contribution in [0.5, 0.6) is 0 Å². The Hall–Kier alpha value is -0.580. The quantitative estimate of drug-likeness (QED) is 0.767. The largest absolute Gasteiger partial charge is 0.243 e. The number of halogens is 1. The molecule has 118 valence electrons. The van der Waals surface area contributed by atoms with Gasteiger partial charge >= 0.3 is 0 Å². The van der Waals surface area contributed by atoms with Crippen LogP contribution in [0.25, 0.3) is 0 Å². The Morgan fingerprint density at radius 2 is 1.95 bits per heavy atom. The highest BCUT2D eigenvalue weighted by Gasteiger charge is 2.40. The summed E-state index contributed by atoms with van der Waals surface area (Å²) in [5, 5.41) is 0. The van der Waals surface area contributed by atoms with E-state index in [4.69, 9.17) is 11.6 Å². The van der Waals surface area contributed by atoms with Crippen molar-refractivity contribution < 1.29 is 8.42 Å². The molecule has 0 aromatic heterocycles. The number of hydrogen-bond acceptors (Lipinski definition) is 2. The molecule has 0 N–H and O–H groups in total. The maximum absolute atomic E-state index is 12.9. The summed E-state index contributed by atoms with van der Waals surface area (Å²) in [6.45, 7) is 7.40. The van der Waals surface area contributed by atoms with Gasteiger partial charge in [0.25, 0.3) is 0 Å². The third-order valence-electron chi connectivity index (χ3n) is 4.93. The second-order valence-electron chi connectivity index (χ2n) is 6.03. The highest BCUT2D eigenvalue weighted by Crippen LogP contribution is 2.39. The van der Waals surface area contributed by atoms with Crippen molar-refractivity contribution in [3.05, 3.63) is 29.3 Å². The number of alkyl halides is 1. The Balaban J connectivity index is 2.36. The van der Waals surface area contributed by atoms with Crippen LogP contribution in [0.1, 0.15) is 44.2 Å². The van der Waals surface area contributed by atoms with Gasteiger partial charge in [0, 0.05) is 19.0 Å². The molecule has 21 heavy (non-hydrogen) atoms. The van der Waals surface area contributed by atoms with Crippen LogP contribution in [0, 0.1) is 12.3 Å². The summed E-state index contributed by atoms with van der Waals surface area (Å²) < 4.78 is 27.5. The molecule has 0 atom stereocenters. The van der Waals surface area contributed by atoms with Gasteiger partial charge in [-0.25, -0.2) is 8.42 Å². The van der Waals surface area contributed by atoms with Gasteiger partial charge in [-0.3, -0.25) is 0 Å². The van der Waals surface area contributed by atoms with Gasteiger partial charge in [-0.15, -0.1) is 11.6 Å². The SMILES string of the molecule is CCC1(CC)CCN(S(=O)(=O)c2cc(CCl)ccc2C)C1. The Labute approximate surface area is 133 Å². The lowest BCUT2D eigenvalue weighted by Crippen LogP contribution is -2.32. The molecule has 0 aliphatic carbocycles. The summed E-state index contributed by atoms with van der Waals surface area (Å²) >= 11 is 5.84. The Morgan fingerprint density at radius 3 is 2.48 bits per heavy atom. The van der Waals surface area contributed by atoms with Crippen molar-refractivity contribution in [1.82, 2.24) is 4.31 Å². The van der Waals surface area contributed by atoms with Gasteiger partial charge < -0.3 is 0 Å². The average molecular weight is 330 g/mol. The Morgan fingerprint density at radius 1 is 1.29 bits per heavy atom. The molecule has 0 spiro atoms. The van der Waals surface area contributed by atoms with Gasteiger partial charge in [-0.1, -0.05) is 26.0 Å². The highest BCUT2D eigenvalue weighted by atomic mass is 35.5. The summed E-state index contributed by atoms with van der Waals surface area (Å²) in [6, 6.07) is 5.44. The van der Waals surface area contributed by atoms with Crippen molar-refractivity contribution in [1.29, 1.82) is 0 Å². The van der Waals surface area contributed by atoms with Crippen LogP contribution in [0.15, 0.2) is 23.1 Å². The first-order chi connectivity index (χ1) is 9.88. The van der Waals surface area contributed by atoms with Crippen LogP contribution >= 0.6 is 11.6 Å². The predicted octanol–water partition coefficient (Wildman–Crippen LogP) is 3.93. The van der Waals surface area contributed by atoms with Crippen molar-refractivity contribution in [3.8, 4) is 0 Å². The van der Waals surface area contributed by atoms with Gasteiger partial charge in [0.2, 0.25) is 10.0 Å². The summed E-state index contributed by atoms with van der Waals surface area (Å²) in [6.07, 6.45) is 3.00. The summed E-state index contributed by atoms with van der Waals surface area (Å²) in [7, 11) is -3.42. The number of sulfonamides is 1. The standard InChI is InChI=1S/C16H24ClNO2S/c1-4-16(5-2)8-9-18(12-16)21(19,20)15-10-14(11-17)7-6-13(15)3/h6-7,10H,4-5,8-9,11-12H2,1-3H3. The van der Waals surface area contributed by atoms with Crippen molar-refractivity contribution in [2.75, 3.05) is 13.1 Å². The van der Waals surface area contributed by atoms with E-state index in [2.05, 4.69) is 13.8 Å². The zero-order valence-corrected chi connectivity index (χ0v) is 14.6. The van der Waals surface area contributed by atoms with E-state index < -0.39 is 10.0 Å². The topological polar surface area (TPSA) is 37.4 Å². The lowest BCUT2D eigenvalue weighted by atomic mass is 9.82. The maximum atomic E-state index is 12.9. The minimum Gasteiger partial charge on any atom is -0.207 e. The third-order valence-corrected chi connectivity index (χ3v) is 7.22. The molecule has 1 aromatic carbocycles. The fraction of sp³-hybridized carbons (Fsp3) is 0.625. The molecule has 1 aromatic rings. The summed E-state index contributed by atoms with van der Waals surface area (Å²) in [5.74, 6) is 0.330. The van der Waals surface area contributed by atoms with E-state index in [0.717, 1.165) is 30.4 Å². The van der Waals surface area contributed by atoms with Crippen LogP contribution in [-0.4, -0.2) is 25.8 Å². The van der Waals surface area contributed by atoms with E-state index >= 15 is 0 Å². The van der Waals surface area contributed by atoms with Crippen molar-refractivity contribution in [2.45, 2.75) is 50.8 Å². The first-order valence-electron chi connectivity index (χ1n) is 7.54. The van der Waals surface area contributed by atoms with E-state index in [-0.39, 0.29) is 5.41 Å². The molecular weight excluding hydrogens is 306 g/mol. The first kappa shape index (κ1) is 16.8. The highest BCUT2D eigenvalue weighted by molar-refractivity contribution is 7.89. The molecule has 1 heterocycles. The number of nitrogens with zero attached hydrogens (tertiary/aromatic N) is 1. The second-order valence-corrected chi connectivity index (χ2v) is 8.20. The molecule has 1 aliphatic rings. The second kappa shape index (κ2) is 6.27. The lowest BCUT2D eigenvalue weighted by molar-refractivity contribution is 0.279. The van der Waals surface area contributed by atoms with E-state index in [9.17, 15) is 8.42 Å². The molecule has 5 heteroatoms. The van der Waals surface area contributed by atoms with Crippen molar-refractivity contribution in [3.63, 3.8) is 0 Å². The third kappa shape index (κ3) is 3.13. The van der Waals surface area contributed by atoms with Gasteiger partial charge in [0.15, 0.2) is 0 Å². The zero-order chi connectivity index (χ0) is 15.7. The minimum absolute atomic E-state index is 0.144. The lowest BCUT2D eigenvalue weighted by Gasteiger charge is -2.26. The normalized spacial score (nSPS) is 19.0. The zero-order valence-electron chi connectivity index (χ0n) is 13.0. The van der Waals surface area contributed by atoms with Crippen molar-refractivity contribution in [2.24, 2.45) is 5.41 Å². The molecule has 0 radical (unpaired) electrons. The van der Waals surface area contributed by atoms with E-state index in [0.29, 0.717) is 23.9 Å². The Bertz CT molecular complexity index is 609. The molecule has 1 saturated heterocycles. The molecule has 0 bridgehead atoms. The van der Waals surface area contributed by atoms with E-state index in [1.807, 2.05) is 19.1 Å². The minimum atomic E-state index is -3.42. The number of benzene rings is 1. The summed E-state index contributed by atoms with van der Waals surface area (Å²) in [5.41, 5.74) is 1.78. The van der Waals surface area contributed by atoms with Gasteiger partial charge in [-0.2, -0.15) is 4.31 Å². The van der Waals surface area contributed by atoms with Gasteiger partial charge in [0.1, 0.15) is 0 Å². The van der Waals surface area contributed by atoms with Crippen LogP contribution in [0.3, 0.4) is 0 Å². The molecule has 0 amide bonds. The molecule has 1 fully saturated rings. The van der Waals surface area contributed by atoms with Gasteiger partial charge in [-0.05, 0) is 48.8 Å². The van der Waals surface area contributed by atoms with Crippen molar-refractivity contribution >= 4 is 21.6 Å². The molecular formula is C16H24ClNO2S. The fourth-order valence-electron chi connectivity index (χ4n) is 3.07. The molecule has 2 rings (SSSR count). The smallest absolute Gasteiger partial charge is 0.207 e. The number of hydrogen-bond donors (Lipinski definition) is 0. The first-order valence-corrected chi connectivity index (χ1v) is 9.51. The monoisotopic (exact) mass is 329 g/mol. The molecule has 0 unspecified atom stereocenters. The van der Waals surface area contributed by atoms with Gasteiger partial charge in [0.05, 0.1) is 4.90 Å². The maximum Gasteiger partial charge on any atom is 0.243 e. The van der Waals surface area contributed by atoms with E-state index in [1.54, 1.807) is 10.4 Å². The number of aryl methyl sites for hydroxylation is 1. The van der Waals surface area contributed by atoms with Crippen LogP contribution in [-0.2, 0) is 15.9 Å². The summed E-state index contributed by atoms with van der Waals surface area (Å²) in [4.78, 5) is 0.406. The van der Waals surface area contributed by atoms with Crippen LogP contribution in [0.2, 0.25) is 0 Å². The van der Waals surface area contributed by atoms with Crippen LogP contribution < -0.4 is 0 Å². The molecule has 3 nitrogen and oxygen atoms in total. The average Bonchev–Trinajstić information content (AvgIpc) is 2.93. The van der Waals surface area contributed by atoms with E-state index in [1.165, 1.54) is 0 Å². The Kier molecular flexibility index (Phi) is 5.01. The molecule has 1 aliphatic heterocycles.